The molecule has 4 rings (SSSR count). The van der Waals surface area contributed by atoms with Crippen molar-refractivity contribution < 1.29 is 27.4 Å². The quantitative estimate of drug-likeness (QED) is 0.449. The topological polar surface area (TPSA) is 78.6 Å². The lowest BCUT2D eigenvalue weighted by Gasteiger charge is -2.15. The maximum absolute atomic E-state index is 13.4. The molecule has 0 radical (unpaired) electrons. The Hall–Kier alpha value is -3.05. The highest BCUT2D eigenvalue weighted by Crippen LogP contribution is 2.33. The summed E-state index contributed by atoms with van der Waals surface area (Å²) in [7, 11) is 0. The first-order chi connectivity index (χ1) is 17.0. The Morgan fingerprint density at radius 3 is 2.72 bits per heavy atom. The van der Waals surface area contributed by atoms with E-state index in [-0.39, 0.29) is 29.4 Å². The van der Waals surface area contributed by atoms with E-state index < -0.39 is 17.6 Å². The van der Waals surface area contributed by atoms with Crippen molar-refractivity contribution in [1.29, 1.82) is 0 Å². The van der Waals surface area contributed by atoms with Crippen LogP contribution in [0.15, 0.2) is 48.0 Å². The Bertz CT molecular complexity index is 1270. The van der Waals surface area contributed by atoms with E-state index in [1.165, 1.54) is 29.9 Å². The van der Waals surface area contributed by atoms with Crippen LogP contribution in [0.5, 0.6) is 5.75 Å². The van der Waals surface area contributed by atoms with Gasteiger partial charge in [0.25, 0.3) is 5.91 Å². The van der Waals surface area contributed by atoms with Gasteiger partial charge in [0.2, 0.25) is 0 Å². The third-order valence-corrected chi connectivity index (χ3v) is 7.06. The molecule has 1 aliphatic rings. The van der Waals surface area contributed by atoms with Crippen molar-refractivity contribution in [1.82, 2.24) is 14.5 Å². The van der Waals surface area contributed by atoms with Crippen LogP contribution in [0.2, 0.25) is 0 Å². The van der Waals surface area contributed by atoms with E-state index >= 15 is 0 Å². The van der Waals surface area contributed by atoms with Crippen LogP contribution in [0, 0.1) is 0 Å². The van der Waals surface area contributed by atoms with Crippen molar-refractivity contribution in [3.63, 3.8) is 0 Å². The number of carbonyl (C=O) groups excluding carboxylic acids is 1. The predicted octanol–water partition coefficient (Wildman–Crippen LogP) is 5.16. The highest BCUT2D eigenvalue weighted by Gasteiger charge is 2.32. The second-order valence-corrected chi connectivity index (χ2v) is 10.5. The number of ether oxygens (including phenoxy) is 2. The molecule has 7 nitrogen and oxygen atoms in total. The van der Waals surface area contributed by atoms with Gasteiger partial charge in [0, 0.05) is 30.1 Å². The predicted molar refractivity (Wildman–Crippen MR) is 128 cm³/mol. The number of alkyl halides is 3. The van der Waals surface area contributed by atoms with E-state index in [4.69, 9.17) is 9.47 Å². The fourth-order valence-electron chi connectivity index (χ4n) is 3.65. The van der Waals surface area contributed by atoms with Gasteiger partial charge in [0.15, 0.2) is 4.80 Å². The molecule has 2 aromatic heterocycles. The molecule has 0 saturated carbocycles. The van der Waals surface area contributed by atoms with Crippen molar-refractivity contribution >= 4 is 17.2 Å². The van der Waals surface area contributed by atoms with Crippen LogP contribution in [-0.4, -0.2) is 33.2 Å². The smallest absolute Gasteiger partial charge is 0.416 e. The Labute approximate surface area is 210 Å². The molecule has 1 aliphatic heterocycles. The number of hydrogen-bond acceptors (Lipinski definition) is 6. The molecule has 0 unspecified atom stereocenters. The zero-order valence-corrected chi connectivity index (χ0v) is 21.0. The van der Waals surface area contributed by atoms with Gasteiger partial charge in [-0.1, -0.05) is 20.8 Å². The lowest BCUT2D eigenvalue weighted by Crippen LogP contribution is -2.23. The first-order valence-corrected chi connectivity index (χ1v) is 12.3. The van der Waals surface area contributed by atoms with E-state index in [1.807, 2.05) is 31.5 Å². The number of nitrogens with zero attached hydrogens (tertiary/aromatic N) is 4. The van der Waals surface area contributed by atoms with E-state index in [9.17, 15) is 18.0 Å². The minimum Gasteiger partial charge on any atom is -0.486 e. The normalized spacial score (nSPS) is 16.9. The average Bonchev–Trinajstić information content (AvgIpc) is 3.48. The molecule has 1 atom stereocenters. The van der Waals surface area contributed by atoms with Crippen molar-refractivity contribution in [3.05, 3.63) is 69.5 Å². The molecule has 0 spiro atoms. The monoisotopic (exact) mass is 520 g/mol. The molecule has 1 fully saturated rings. The standard InChI is InChI=1S/C25H27F3N4O3S/c1-24(2,3)21-14-32(13-18-5-4-10-34-18)23(36-21)31-22(33)19-11-16(25(26,27)28)6-7-20(19)35-15-17-12-29-8-9-30-17/h6-9,11-12,14,18H,4-5,10,13,15H2,1-3H3/t18-/m1/s1. The van der Waals surface area contributed by atoms with E-state index in [1.54, 1.807) is 0 Å². The molecule has 1 amide bonds. The molecule has 36 heavy (non-hydrogen) atoms. The van der Waals surface area contributed by atoms with Crippen molar-refractivity contribution in [2.24, 2.45) is 4.99 Å². The fraction of sp³-hybridized carbons (Fsp3) is 0.440. The molecular weight excluding hydrogens is 493 g/mol. The average molecular weight is 521 g/mol. The molecule has 1 aromatic carbocycles. The summed E-state index contributed by atoms with van der Waals surface area (Å²) in [5.74, 6) is -0.834. The number of carbonyl (C=O) groups is 1. The van der Waals surface area contributed by atoms with E-state index in [0.29, 0.717) is 23.6 Å². The van der Waals surface area contributed by atoms with E-state index in [2.05, 4.69) is 15.0 Å². The van der Waals surface area contributed by atoms with Crippen LogP contribution in [0.3, 0.4) is 0 Å². The first kappa shape index (κ1) is 26.0. The Morgan fingerprint density at radius 2 is 2.08 bits per heavy atom. The summed E-state index contributed by atoms with van der Waals surface area (Å²) in [5, 5.41) is 0. The Balaban J connectivity index is 1.72. The third kappa shape index (κ3) is 6.38. The van der Waals surface area contributed by atoms with Gasteiger partial charge in [-0.15, -0.1) is 11.3 Å². The van der Waals surface area contributed by atoms with Crippen LogP contribution in [-0.2, 0) is 29.5 Å². The van der Waals surface area contributed by atoms with Gasteiger partial charge in [-0.05, 0) is 36.5 Å². The molecule has 192 valence electrons. The van der Waals surface area contributed by atoms with Gasteiger partial charge in [0.1, 0.15) is 12.4 Å². The van der Waals surface area contributed by atoms with Gasteiger partial charge in [-0.2, -0.15) is 18.2 Å². The molecule has 3 aromatic rings. The second-order valence-electron chi connectivity index (χ2n) is 9.53. The number of benzene rings is 1. The molecule has 0 bridgehead atoms. The number of thiazole rings is 1. The highest BCUT2D eigenvalue weighted by atomic mass is 32.1. The summed E-state index contributed by atoms with van der Waals surface area (Å²) >= 11 is 1.34. The SMILES string of the molecule is CC(C)(C)c1cn(C[C@H]2CCCO2)c(=NC(=O)c2cc(C(F)(F)F)ccc2OCc2cnccn2)s1. The number of hydrogen-bond donors (Lipinski definition) is 0. The Kier molecular flexibility index (Phi) is 7.60. The minimum atomic E-state index is -4.62. The first-order valence-electron chi connectivity index (χ1n) is 11.5. The van der Waals surface area contributed by atoms with Crippen LogP contribution in [0.1, 0.15) is 60.1 Å². The van der Waals surface area contributed by atoms with Gasteiger partial charge in [-0.3, -0.25) is 14.8 Å². The lowest BCUT2D eigenvalue weighted by molar-refractivity contribution is -0.137. The fourth-order valence-corrected chi connectivity index (χ4v) is 4.71. The van der Waals surface area contributed by atoms with Crippen LogP contribution < -0.4 is 9.54 Å². The maximum atomic E-state index is 13.4. The second kappa shape index (κ2) is 10.5. The van der Waals surface area contributed by atoms with E-state index in [0.717, 1.165) is 35.9 Å². The number of rotatable bonds is 6. The van der Waals surface area contributed by atoms with Crippen LogP contribution in [0.4, 0.5) is 13.2 Å². The van der Waals surface area contributed by atoms with Crippen molar-refractivity contribution in [2.75, 3.05) is 6.61 Å². The number of aromatic nitrogens is 3. The zero-order valence-electron chi connectivity index (χ0n) is 20.2. The summed E-state index contributed by atoms with van der Waals surface area (Å²) in [6.45, 7) is 7.27. The largest absolute Gasteiger partial charge is 0.486 e. The summed E-state index contributed by atoms with van der Waals surface area (Å²) < 4.78 is 53.6. The molecule has 0 aliphatic carbocycles. The summed E-state index contributed by atoms with van der Waals surface area (Å²) in [6, 6.07) is 2.79. The van der Waals surface area contributed by atoms with Crippen molar-refractivity contribution in [3.8, 4) is 5.75 Å². The summed E-state index contributed by atoms with van der Waals surface area (Å²) in [5.41, 5.74) is -0.957. The minimum absolute atomic E-state index is 0.000837. The molecule has 3 heterocycles. The maximum Gasteiger partial charge on any atom is 0.416 e. The zero-order chi connectivity index (χ0) is 25.9. The molecule has 0 N–H and O–H groups in total. The lowest BCUT2D eigenvalue weighted by atomic mass is 9.95. The summed E-state index contributed by atoms with van der Waals surface area (Å²) in [4.78, 5) is 27.0. The van der Waals surface area contributed by atoms with Crippen LogP contribution in [0.25, 0.3) is 0 Å². The van der Waals surface area contributed by atoms with Crippen LogP contribution >= 0.6 is 11.3 Å². The number of halogens is 3. The Morgan fingerprint density at radius 1 is 1.28 bits per heavy atom. The molecule has 11 heteroatoms. The number of amides is 1. The van der Waals surface area contributed by atoms with Gasteiger partial charge in [-0.25, -0.2) is 0 Å². The van der Waals surface area contributed by atoms with Gasteiger partial charge >= 0.3 is 6.18 Å². The van der Waals surface area contributed by atoms with Gasteiger partial charge in [0.05, 0.1) is 35.7 Å². The highest BCUT2D eigenvalue weighted by molar-refractivity contribution is 7.09. The van der Waals surface area contributed by atoms with Gasteiger partial charge < -0.3 is 14.0 Å². The molecular formula is C25H27F3N4O3S. The summed E-state index contributed by atoms with van der Waals surface area (Å²) in [6.07, 6.45) is 3.62. The van der Waals surface area contributed by atoms with Crippen molar-refractivity contribution in [2.45, 2.75) is 64.5 Å². The third-order valence-electron chi connectivity index (χ3n) is 5.61. The molecule has 1 saturated heterocycles.